The van der Waals surface area contributed by atoms with E-state index >= 15 is 0 Å². The molecule has 1 N–H and O–H groups in total. The van der Waals surface area contributed by atoms with Gasteiger partial charge < -0.3 is 5.43 Å². The van der Waals surface area contributed by atoms with Gasteiger partial charge in [0.15, 0.2) is 0 Å². The standard InChI is InChI=1S/C21H42N2/c1-2-3-4-5-6-7-8-9-10-11-12-13-14-15-16-17-19-22-23-20-18-21-23/h17,19,22H,2-16,18,20-21H2,1H3. The number of nitrogens with one attached hydrogen (secondary N) is 1. The van der Waals surface area contributed by atoms with E-state index in [1.165, 1.54) is 116 Å². The molecular formula is C21H42N2. The first kappa shape index (κ1) is 20.5. The summed E-state index contributed by atoms with van der Waals surface area (Å²) < 4.78 is 0. The Balaban J connectivity index is 1.65. The number of nitrogens with zero attached hydrogens (tertiary/aromatic N) is 1. The number of hydrogen-bond acceptors (Lipinski definition) is 2. The lowest BCUT2D eigenvalue weighted by molar-refractivity contribution is 0.135. The predicted octanol–water partition coefficient (Wildman–Crippen LogP) is 6.58. The second-order valence-electron chi connectivity index (χ2n) is 7.26. The molecule has 0 aromatic rings. The van der Waals surface area contributed by atoms with Crippen LogP contribution in [-0.2, 0) is 0 Å². The van der Waals surface area contributed by atoms with E-state index in [0.717, 1.165) is 0 Å². The van der Waals surface area contributed by atoms with E-state index in [9.17, 15) is 0 Å². The van der Waals surface area contributed by atoms with Crippen LogP contribution in [0.3, 0.4) is 0 Å². The van der Waals surface area contributed by atoms with Gasteiger partial charge >= 0.3 is 0 Å². The molecule has 0 atom stereocenters. The Morgan fingerprint density at radius 2 is 1.17 bits per heavy atom. The summed E-state index contributed by atoms with van der Waals surface area (Å²) >= 11 is 0. The zero-order valence-electron chi connectivity index (χ0n) is 15.8. The highest BCUT2D eigenvalue weighted by molar-refractivity contribution is 4.80. The molecule has 1 aliphatic rings. The summed E-state index contributed by atoms with van der Waals surface area (Å²) in [5, 5.41) is 2.27. The Labute approximate surface area is 146 Å². The zero-order valence-corrected chi connectivity index (χ0v) is 15.8. The number of hydrogen-bond donors (Lipinski definition) is 1. The van der Waals surface area contributed by atoms with Gasteiger partial charge in [-0.2, -0.15) is 0 Å². The molecule has 0 unspecified atom stereocenters. The fourth-order valence-electron chi connectivity index (χ4n) is 3.14. The third-order valence-corrected chi connectivity index (χ3v) is 4.96. The number of allylic oxidation sites excluding steroid dienone is 1. The van der Waals surface area contributed by atoms with Crippen LogP contribution in [0.15, 0.2) is 12.3 Å². The summed E-state index contributed by atoms with van der Waals surface area (Å²) in [6.45, 7) is 4.72. The van der Waals surface area contributed by atoms with Gasteiger partial charge in [0.05, 0.1) is 0 Å². The van der Waals surface area contributed by atoms with Crippen LogP contribution in [0.5, 0.6) is 0 Å². The van der Waals surface area contributed by atoms with Crippen molar-refractivity contribution in [3.8, 4) is 0 Å². The van der Waals surface area contributed by atoms with E-state index < -0.39 is 0 Å². The van der Waals surface area contributed by atoms with Crippen LogP contribution in [0.25, 0.3) is 0 Å². The van der Waals surface area contributed by atoms with Gasteiger partial charge in [-0.15, -0.1) is 0 Å². The van der Waals surface area contributed by atoms with Gasteiger partial charge in [-0.3, -0.25) is 0 Å². The molecule has 1 fully saturated rings. The third-order valence-electron chi connectivity index (χ3n) is 4.96. The Morgan fingerprint density at radius 3 is 1.61 bits per heavy atom. The van der Waals surface area contributed by atoms with Crippen molar-refractivity contribution in [1.29, 1.82) is 0 Å². The van der Waals surface area contributed by atoms with Gasteiger partial charge in [-0.1, -0.05) is 96.5 Å². The lowest BCUT2D eigenvalue weighted by Crippen LogP contribution is -2.44. The van der Waals surface area contributed by atoms with Crippen molar-refractivity contribution in [2.45, 2.75) is 110 Å². The highest BCUT2D eigenvalue weighted by atomic mass is 15.5. The first-order chi connectivity index (χ1) is 11.4. The SMILES string of the molecule is CCCCCCCCCCCCCCCCC=CNN1CCC1. The Hall–Kier alpha value is -0.500. The minimum absolute atomic E-state index is 1.21. The lowest BCUT2D eigenvalue weighted by atomic mass is 10.0. The number of rotatable bonds is 17. The van der Waals surface area contributed by atoms with Crippen molar-refractivity contribution in [3.05, 3.63) is 12.3 Å². The van der Waals surface area contributed by atoms with E-state index in [1.54, 1.807) is 0 Å². The molecule has 0 spiro atoms. The average Bonchev–Trinajstić information content (AvgIpc) is 2.52. The molecule has 0 radical (unpaired) electrons. The van der Waals surface area contributed by atoms with Gasteiger partial charge in [-0.25, -0.2) is 5.01 Å². The fourth-order valence-corrected chi connectivity index (χ4v) is 3.14. The van der Waals surface area contributed by atoms with Crippen LogP contribution in [0.4, 0.5) is 0 Å². The molecule has 136 valence electrons. The fraction of sp³-hybridized carbons (Fsp3) is 0.905. The van der Waals surface area contributed by atoms with E-state index in [2.05, 4.69) is 29.6 Å². The van der Waals surface area contributed by atoms with Crippen molar-refractivity contribution in [1.82, 2.24) is 10.4 Å². The molecule has 0 aromatic carbocycles. The van der Waals surface area contributed by atoms with Crippen LogP contribution < -0.4 is 5.43 Å². The Bertz CT molecular complexity index is 259. The number of unbranched alkanes of at least 4 members (excludes halogenated alkanes) is 14. The van der Waals surface area contributed by atoms with Gasteiger partial charge in [0.1, 0.15) is 0 Å². The van der Waals surface area contributed by atoms with Crippen LogP contribution in [0, 0.1) is 0 Å². The van der Waals surface area contributed by atoms with Gasteiger partial charge in [-0.05, 0) is 19.3 Å². The average molecular weight is 323 g/mol. The molecular weight excluding hydrogens is 280 g/mol. The summed E-state index contributed by atoms with van der Waals surface area (Å²) in [7, 11) is 0. The maximum absolute atomic E-state index is 3.32. The molecule has 0 amide bonds. The minimum atomic E-state index is 1.21. The quantitative estimate of drug-likeness (QED) is 0.304. The topological polar surface area (TPSA) is 15.3 Å². The van der Waals surface area contributed by atoms with Crippen LogP contribution in [-0.4, -0.2) is 18.1 Å². The molecule has 0 aliphatic carbocycles. The molecule has 2 nitrogen and oxygen atoms in total. The molecule has 1 aliphatic heterocycles. The van der Waals surface area contributed by atoms with Crippen LogP contribution in [0.1, 0.15) is 110 Å². The molecule has 0 bridgehead atoms. The molecule has 0 saturated carbocycles. The lowest BCUT2D eigenvalue weighted by Gasteiger charge is -2.30. The highest BCUT2D eigenvalue weighted by Gasteiger charge is 2.10. The smallest absolute Gasteiger partial charge is 0.0191 e. The predicted molar refractivity (Wildman–Crippen MR) is 103 cm³/mol. The largest absolute Gasteiger partial charge is 0.326 e. The van der Waals surface area contributed by atoms with Crippen molar-refractivity contribution < 1.29 is 0 Å². The molecule has 23 heavy (non-hydrogen) atoms. The molecule has 1 rings (SSSR count). The summed E-state index contributed by atoms with van der Waals surface area (Å²) in [6.07, 6.45) is 27.2. The highest BCUT2D eigenvalue weighted by Crippen LogP contribution is 2.13. The molecule has 1 heterocycles. The second kappa shape index (κ2) is 16.4. The normalized spacial score (nSPS) is 15.2. The van der Waals surface area contributed by atoms with Crippen molar-refractivity contribution in [2.75, 3.05) is 13.1 Å². The summed E-state index contributed by atoms with van der Waals surface area (Å²) in [5.41, 5.74) is 3.32. The minimum Gasteiger partial charge on any atom is -0.326 e. The summed E-state index contributed by atoms with van der Waals surface area (Å²) in [5.74, 6) is 0. The first-order valence-corrected chi connectivity index (χ1v) is 10.6. The molecule has 1 saturated heterocycles. The maximum atomic E-state index is 3.32. The second-order valence-corrected chi connectivity index (χ2v) is 7.26. The monoisotopic (exact) mass is 322 g/mol. The maximum Gasteiger partial charge on any atom is 0.0191 e. The molecule has 2 heteroatoms. The summed E-state index contributed by atoms with van der Waals surface area (Å²) in [4.78, 5) is 0. The van der Waals surface area contributed by atoms with E-state index in [0.29, 0.717) is 0 Å². The Kier molecular flexibility index (Phi) is 14.6. The van der Waals surface area contributed by atoms with Crippen molar-refractivity contribution >= 4 is 0 Å². The third kappa shape index (κ3) is 13.6. The number of hydrazine groups is 1. The zero-order chi connectivity index (χ0) is 16.4. The van der Waals surface area contributed by atoms with Crippen LogP contribution in [0.2, 0.25) is 0 Å². The van der Waals surface area contributed by atoms with E-state index in [4.69, 9.17) is 0 Å². The van der Waals surface area contributed by atoms with Crippen molar-refractivity contribution in [2.24, 2.45) is 0 Å². The van der Waals surface area contributed by atoms with E-state index in [-0.39, 0.29) is 0 Å². The van der Waals surface area contributed by atoms with Gasteiger partial charge in [0.25, 0.3) is 0 Å². The van der Waals surface area contributed by atoms with E-state index in [1.807, 2.05) is 0 Å². The molecule has 0 aromatic heterocycles. The Morgan fingerprint density at radius 1 is 0.696 bits per heavy atom. The van der Waals surface area contributed by atoms with Crippen LogP contribution >= 0.6 is 0 Å². The van der Waals surface area contributed by atoms with Crippen molar-refractivity contribution in [3.63, 3.8) is 0 Å². The summed E-state index contributed by atoms with van der Waals surface area (Å²) in [6, 6.07) is 0. The van der Waals surface area contributed by atoms with Gasteiger partial charge in [0, 0.05) is 19.3 Å². The first-order valence-electron chi connectivity index (χ1n) is 10.6. The van der Waals surface area contributed by atoms with Gasteiger partial charge in [0.2, 0.25) is 0 Å².